The van der Waals surface area contributed by atoms with Gasteiger partial charge in [0.15, 0.2) is 11.0 Å². The summed E-state index contributed by atoms with van der Waals surface area (Å²) in [7, 11) is 0. The van der Waals surface area contributed by atoms with E-state index in [2.05, 4.69) is 53.4 Å². The Morgan fingerprint density at radius 2 is 1.75 bits per heavy atom. The molecule has 0 saturated heterocycles. The van der Waals surface area contributed by atoms with Gasteiger partial charge in [-0.3, -0.25) is 14.3 Å². The van der Waals surface area contributed by atoms with Crippen LogP contribution in [0.25, 0.3) is 17.1 Å². The summed E-state index contributed by atoms with van der Waals surface area (Å²) >= 11 is 1.39. The van der Waals surface area contributed by atoms with Crippen LogP contribution in [0, 0.1) is 12.8 Å². The number of amides is 1. The molecule has 1 amide bonds. The minimum atomic E-state index is -0.00452. The number of hydrogen-bond donors (Lipinski definition) is 1. The topological polar surface area (TPSA) is 72.7 Å². The monoisotopic (exact) mass is 395 g/mol. The number of carbonyl (C=O) groups is 1. The van der Waals surface area contributed by atoms with Gasteiger partial charge in [0.2, 0.25) is 5.91 Å². The Balaban J connectivity index is 1.88. The summed E-state index contributed by atoms with van der Waals surface area (Å²) in [5, 5.41) is 12.5. The molecule has 7 heteroatoms. The molecule has 2 heterocycles. The fraction of sp³-hybridized carbons (Fsp3) is 0.333. The van der Waals surface area contributed by atoms with Gasteiger partial charge in [0.05, 0.1) is 5.75 Å². The molecule has 3 rings (SSSR count). The average molecular weight is 396 g/mol. The highest BCUT2D eigenvalue weighted by molar-refractivity contribution is 7.99. The maximum atomic E-state index is 12.3. The molecule has 0 spiro atoms. The lowest BCUT2D eigenvalue weighted by Crippen LogP contribution is -2.37. The van der Waals surface area contributed by atoms with Crippen molar-refractivity contribution in [1.29, 1.82) is 0 Å². The van der Waals surface area contributed by atoms with Crippen LogP contribution < -0.4 is 5.32 Å². The van der Waals surface area contributed by atoms with E-state index in [0.717, 1.165) is 17.1 Å². The van der Waals surface area contributed by atoms with E-state index in [9.17, 15) is 4.79 Å². The van der Waals surface area contributed by atoms with Crippen molar-refractivity contribution in [3.05, 3.63) is 54.4 Å². The number of nitrogens with zero attached hydrogens (tertiary/aromatic N) is 4. The van der Waals surface area contributed by atoms with Gasteiger partial charge in [-0.1, -0.05) is 43.3 Å². The lowest BCUT2D eigenvalue weighted by atomic mass is 10.1. The number of hydrogen-bond acceptors (Lipinski definition) is 5. The molecule has 0 aliphatic heterocycles. The second-order valence-electron chi connectivity index (χ2n) is 7.10. The molecule has 0 bridgehead atoms. The Hall–Kier alpha value is -2.67. The van der Waals surface area contributed by atoms with Crippen LogP contribution in [0.15, 0.2) is 53.9 Å². The van der Waals surface area contributed by atoms with Crippen LogP contribution in [0.2, 0.25) is 0 Å². The minimum Gasteiger partial charge on any atom is -0.353 e. The zero-order valence-corrected chi connectivity index (χ0v) is 17.4. The fourth-order valence-corrected chi connectivity index (χ4v) is 3.33. The summed E-state index contributed by atoms with van der Waals surface area (Å²) in [4.78, 5) is 16.4. The Bertz CT molecular complexity index is 922. The third-order valence-electron chi connectivity index (χ3n) is 4.59. The Morgan fingerprint density at radius 1 is 1.07 bits per heavy atom. The number of pyridine rings is 1. The molecule has 0 radical (unpaired) electrons. The number of rotatable bonds is 7. The van der Waals surface area contributed by atoms with Crippen LogP contribution in [0.1, 0.15) is 26.3 Å². The first-order valence-electron chi connectivity index (χ1n) is 9.30. The number of nitrogens with one attached hydrogen (secondary N) is 1. The van der Waals surface area contributed by atoms with Crippen molar-refractivity contribution in [2.75, 3.05) is 5.75 Å². The molecule has 146 valence electrons. The summed E-state index contributed by atoms with van der Waals surface area (Å²) in [6.45, 7) is 8.25. The van der Waals surface area contributed by atoms with Crippen LogP contribution in [0.3, 0.4) is 0 Å². The summed E-state index contributed by atoms with van der Waals surface area (Å²) in [6, 6.07) is 12.1. The number of benzene rings is 1. The molecule has 1 N–H and O–H groups in total. The van der Waals surface area contributed by atoms with E-state index in [4.69, 9.17) is 0 Å². The Labute approximate surface area is 169 Å². The standard InChI is InChI=1S/C21H25N5OS/c1-14(2)16(4)23-19(27)13-28-21-25-24-20(17-9-11-22-12-10-17)26(21)18-7-5-15(3)6-8-18/h5-12,14,16H,13H2,1-4H3,(H,23,27). The van der Waals surface area contributed by atoms with Gasteiger partial charge in [0.1, 0.15) is 0 Å². The first kappa shape index (κ1) is 20.1. The van der Waals surface area contributed by atoms with Gasteiger partial charge in [0.25, 0.3) is 0 Å². The van der Waals surface area contributed by atoms with Gasteiger partial charge in [-0.15, -0.1) is 10.2 Å². The van der Waals surface area contributed by atoms with E-state index < -0.39 is 0 Å². The molecule has 1 aromatic carbocycles. The second-order valence-corrected chi connectivity index (χ2v) is 8.04. The molecule has 1 atom stereocenters. The average Bonchev–Trinajstić information content (AvgIpc) is 3.11. The zero-order valence-electron chi connectivity index (χ0n) is 16.6. The lowest BCUT2D eigenvalue weighted by molar-refractivity contribution is -0.119. The summed E-state index contributed by atoms with van der Waals surface area (Å²) in [5.41, 5.74) is 3.06. The highest BCUT2D eigenvalue weighted by Gasteiger charge is 2.18. The Kier molecular flexibility index (Phi) is 6.46. The van der Waals surface area contributed by atoms with E-state index in [0.29, 0.717) is 11.1 Å². The van der Waals surface area contributed by atoms with Gasteiger partial charge in [-0.25, -0.2) is 0 Å². The predicted molar refractivity (Wildman–Crippen MR) is 112 cm³/mol. The van der Waals surface area contributed by atoms with Crippen molar-refractivity contribution in [3.8, 4) is 17.1 Å². The van der Waals surface area contributed by atoms with Crippen molar-refractivity contribution in [2.45, 2.75) is 38.9 Å². The van der Waals surface area contributed by atoms with Crippen molar-refractivity contribution >= 4 is 17.7 Å². The smallest absolute Gasteiger partial charge is 0.230 e. The summed E-state index contributed by atoms with van der Waals surface area (Å²) in [5.74, 6) is 1.40. The molecule has 6 nitrogen and oxygen atoms in total. The van der Waals surface area contributed by atoms with Crippen molar-refractivity contribution in [1.82, 2.24) is 25.1 Å². The van der Waals surface area contributed by atoms with E-state index in [1.807, 2.05) is 35.8 Å². The summed E-state index contributed by atoms with van der Waals surface area (Å²) < 4.78 is 1.98. The number of aromatic nitrogens is 4. The van der Waals surface area contributed by atoms with Gasteiger partial charge in [0, 0.05) is 29.7 Å². The van der Waals surface area contributed by atoms with Gasteiger partial charge < -0.3 is 5.32 Å². The maximum absolute atomic E-state index is 12.3. The molecule has 0 aliphatic rings. The second kappa shape index (κ2) is 9.01. The molecule has 1 unspecified atom stereocenters. The molecule has 0 aliphatic carbocycles. The molecule has 3 aromatic rings. The molecule has 0 fully saturated rings. The van der Waals surface area contributed by atoms with Gasteiger partial charge in [-0.2, -0.15) is 0 Å². The van der Waals surface area contributed by atoms with E-state index >= 15 is 0 Å². The molecule has 28 heavy (non-hydrogen) atoms. The molecular weight excluding hydrogens is 370 g/mol. The van der Waals surface area contributed by atoms with Crippen LogP contribution in [0.5, 0.6) is 0 Å². The van der Waals surface area contributed by atoms with Crippen molar-refractivity contribution in [2.24, 2.45) is 5.92 Å². The largest absolute Gasteiger partial charge is 0.353 e. The van der Waals surface area contributed by atoms with Crippen LogP contribution in [-0.4, -0.2) is 37.5 Å². The third kappa shape index (κ3) is 4.78. The predicted octanol–water partition coefficient (Wildman–Crippen LogP) is 3.89. The highest BCUT2D eigenvalue weighted by Crippen LogP contribution is 2.27. The quantitative estimate of drug-likeness (QED) is 0.615. The first-order valence-corrected chi connectivity index (χ1v) is 10.3. The van der Waals surface area contributed by atoms with E-state index in [-0.39, 0.29) is 17.7 Å². The molecule has 0 saturated carbocycles. The molecular formula is C21H25N5OS. The van der Waals surface area contributed by atoms with E-state index in [1.54, 1.807) is 12.4 Å². The highest BCUT2D eigenvalue weighted by atomic mass is 32.2. The van der Waals surface area contributed by atoms with Crippen molar-refractivity contribution < 1.29 is 4.79 Å². The number of carbonyl (C=O) groups excluding carboxylic acids is 1. The van der Waals surface area contributed by atoms with Crippen molar-refractivity contribution in [3.63, 3.8) is 0 Å². The first-order chi connectivity index (χ1) is 13.5. The lowest BCUT2D eigenvalue weighted by Gasteiger charge is -2.17. The minimum absolute atomic E-state index is 0.00452. The van der Waals surface area contributed by atoms with Gasteiger partial charge in [-0.05, 0) is 44.0 Å². The van der Waals surface area contributed by atoms with Crippen LogP contribution in [0.4, 0.5) is 0 Å². The third-order valence-corrected chi connectivity index (χ3v) is 5.51. The normalized spacial score (nSPS) is 12.2. The number of aryl methyl sites for hydroxylation is 1. The van der Waals surface area contributed by atoms with Crippen LogP contribution in [-0.2, 0) is 4.79 Å². The zero-order chi connectivity index (χ0) is 20.1. The SMILES string of the molecule is Cc1ccc(-n2c(SCC(=O)NC(C)C(C)C)nnc2-c2ccncc2)cc1. The fourth-order valence-electron chi connectivity index (χ4n) is 2.57. The maximum Gasteiger partial charge on any atom is 0.230 e. The number of thioether (sulfide) groups is 1. The van der Waals surface area contributed by atoms with Crippen LogP contribution >= 0.6 is 11.8 Å². The molecule has 2 aromatic heterocycles. The Morgan fingerprint density at radius 3 is 2.39 bits per heavy atom. The van der Waals surface area contributed by atoms with E-state index in [1.165, 1.54) is 17.3 Å². The van der Waals surface area contributed by atoms with Gasteiger partial charge >= 0.3 is 0 Å². The summed E-state index contributed by atoms with van der Waals surface area (Å²) in [6.07, 6.45) is 3.47.